The number of rotatable bonds is 6. The average molecular weight is 519 g/mol. The molecule has 0 spiro atoms. The number of halogens is 4. The highest BCUT2D eigenvalue weighted by atomic mass is 35.5. The Balaban J connectivity index is 1.56. The van der Waals surface area contributed by atoms with E-state index in [0.29, 0.717) is 19.5 Å². The predicted molar refractivity (Wildman–Crippen MR) is 123 cm³/mol. The molecule has 0 bridgehead atoms. The molecular weight excluding hydrogens is 493 g/mol. The van der Waals surface area contributed by atoms with Crippen LogP contribution in [0.4, 0.5) is 24.7 Å². The monoisotopic (exact) mass is 518 g/mol. The van der Waals surface area contributed by atoms with Crippen molar-refractivity contribution < 1.29 is 26.7 Å². The first-order valence-corrected chi connectivity index (χ1v) is 12.7. The second-order valence-corrected chi connectivity index (χ2v) is 11.8. The van der Waals surface area contributed by atoms with Crippen LogP contribution >= 0.6 is 11.6 Å². The molecular formula is C22H26ClF3N4O3S. The second-order valence-electron chi connectivity index (χ2n) is 9.81. The topological polar surface area (TPSA) is 85.8 Å². The summed E-state index contributed by atoms with van der Waals surface area (Å²) in [5.41, 5.74) is -0.968. The molecule has 0 aliphatic carbocycles. The fourth-order valence-electron chi connectivity index (χ4n) is 4.66. The maximum atomic E-state index is 15.1. The van der Waals surface area contributed by atoms with Gasteiger partial charge in [0.1, 0.15) is 16.7 Å². The van der Waals surface area contributed by atoms with E-state index in [1.165, 1.54) is 6.07 Å². The molecule has 1 atom stereocenters. The first-order chi connectivity index (χ1) is 15.8. The highest BCUT2D eigenvalue weighted by Crippen LogP contribution is 2.39. The molecule has 0 saturated carbocycles. The lowest BCUT2D eigenvalue weighted by Crippen LogP contribution is -2.44. The zero-order valence-electron chi connectivity index (χ0n) is 18.8. The summed E-state index contributed by atoms with van der Waals surface area (Å²) in [6.45, 7) is 6.85. The maximum absolute atomic E-state index is 15.1. The summed E-state index contributed by atoms with van der Waals surface area (Å²) in [6.07, 6.45) is 1.39. The minimum Gasteiger partial charge on any atom is -0.387 e. The molecule has 2 N–H and O–H groups in total. The quantitative estimate of drug-likeness (QED) is 0.449. The molecule has 186 valence electrons. The summed E-state index contributed by atoms with van der Waals surface area (Å²) in [5.74, 6) is -4.24. The van der Waals surface area contributed by atoms with Gasteiger partial charge in [0.25, 0.3) is 10.0 Å². The van der Waals surface area contributed by atoms with Crippen molar-refractivity contribution in [3.05, 3.63) is 46.9 Å². The van der Waals surface area contributed by atoms with E-state index in [1.54, 1.807) is 4.90 Å². The third-order valence-corrected chi connectivity index (χ3v) is 8.02. The van der Waals surface area contributed by atoms with Gasteiger partial charge in [-0.3, -0.25) is 9.62 Å². The van der Waals surface area contributed by atoms with Gasteiger partial charge < -0.3 is 10.0 Å². The van der Waals surface area contributed by atoms with Crippen LogP contribution < -0.4 is 9.62 Å². The average Bonchev–Trinajstić information content (AvgIpc) is 3.25. The van der Waals surface area contributed by atoms with Gasteiger partial charge >= 0.3 is 0 Å². The van der Waals surface area contributed by atoms with Crippen LogP contribution in [0.15, 0.2) is 29.2 Å². The largest absolute Gasteiger partial charge is 0.387 e. The molecule has 1 aromatic carbocycles. The van der Waals surface area contributed by atoms with E-state index in [1.807, 2.05) is 4.72 Å². The Morgan fingerprint density at radius 2 is 1.91 bits per heavy atom. The van der Waals surface area contributed by atoms with Crippen molar-refractivity contribution >= 4 is 33.1 Å². The molecule has 2 aromatic rings. The first-order valence-electron chi connectivity index (χ1n) is 10.8. The number of aromatic nitrogens is 1. The molecule has 7 nitrogen and oxygen atoms in total. The van der Waals surface area contributed by atoms with Crippen LogP contribution in [0.5, 0.6) is 0 Å². The van der Waals surface area contributed by atoms with Crippen LogP contribution in [-0.4, -0.2) is 61.7 Å². The number of β-amino-alcohol motifs (C(OH)–C–C–N with tert-alkyl or cyclic N) is 1. The normalized spacial score (nSPS) is 23.0. The SMILES string of the molecule is CC1(C)CCN(C[C@@]2(O)CCN(c3cc(F)c(S(=O)(=O)Nc4cccc(F)n4)c(F)c3Cl)C2)C1. The van der Waals surface area contributed by atoms with E-state index in [4.69, 9.17) is 11.6 Å². The molecule has 2 aliphatic heterocycles. The predicted octanol–water partition coefficient (Wildman–Crippen LogP) is 3.63. The van der Waals surface area contributed by atoms with Crippen molar-refractivity contribution in [3.63, 3.8) is 0 Å². The minimum atomic E-state index is -4.79. The highest BCUT2D eigenvalue weighted by molar-refractivity contribution is 7.92. The molecule has 34 heavy (non-hydrogen) atoms. The third-order valence-electron chi connectivity index (χ3n) is 6.27. The van der Waals surface area contributed by atoms with Gasteiger partial charge in [0.15, 0.2) is 10.7 Å². The van der Waals surface area contributed by atoms with E-state index in [0.717, 1.165) is 37.7 Å². The maximum Gasteiger partial charge on any atom is 0.268 e. The summed E-state index contributed by atoms with van der Waals surface area (Å²) >= 11 is 6.14. The molecule has 3 heterocycles. The number of aliphatic hydroxyl groups is 1. The summed E-state index contributed by atoms with van der Waals surface area (Å²) < 4.78 is 70.4. The lowest BCUT2D eigenvalue weighted by Gasteiger charge is -2.30. The molecule has 0 amide bonds. The number of sulfonamides is 1. The van der Waals surface area contributed by atoms with Gasteiger partial charge in [-0.15, -0.1) is 0 Å². The number of nitrogens with one attached hydrogen (secondary N) is 1. The third kappa shape index (κ3) is 5.12. The highest BCUT2D eigenvalue weighted by Gasteiger charge is 2.42. The van der Waals surface area contributed by atoms with E-state index in [2.05, 4.69) is 23.7 Å². The standard InChI is InChI=1S/C22H26ClF3N4O3S/c1-21(2)6-8-29(11-21)12-22(31)7-9-30(13-22)15-10-14(24)20(19(26)18(15)23)34(32,33)28-17-5-3-4-16(25)27-17/h3-5,10,31H,6-9,11-13H2,1-2H3,(H,27,28)/t22-/m0/s1. The molecule has 0 unspecified atom stereocenters. The lowest BCUT2D eigenvalue weighted by molar-refractivity contribution is 0.0269. The zero-order valence-corrected chi connectivity index (χ0v) is 20.4. The van der Waals surface area contributed by atoms with Gasteiger partial charge in [-0.1, -0.05) is 31.5 Å². The summed E-state index contributed by atoms with van der Waals surface area (Å²) in [6, 6.07) is 4.16. The van der Waals surface area contributed by atoms with Crippen LogP contribution in [-0.2, 0) is 10.0 Å². The van der Waals surface area contributed by atoms with Crippen molar-refractivity contribution in [2.24, 2.45) is 5.41 Å². The van der Waals surface area contributed by atoms with Crippen LogP contribution in [0.2, 0.25) is 5.02 Å². The number of benzene rings is 1. The van der Waals surface area contributed by atoms with Crippen molar-refractivity contribution in [2.45, 2.75) is 37.2 Å². The second kappa shape index (κ2) is 8.85. The number of anilines is 2. The van der Waals surface area contributed by atoms with Gasteiger partial charge in [0, 0.05) is 32.2 Å². The molecule has 0 radical (unpaired) electrons. The van der Waals surface area contributed by atoms with Crippen LogP contribution in [0.25, 0.3) is 0 Å². The Bertz CT molecular complexity index is 1210. The Hall–Kier alpha value is -2.08. The van der Waals surface area contributed by atoms with Crippen molar-refractivity contribution in [2.75, 3.05) is 42.3 Å². The van der Waals surface area contributed by atoms with Crippen molar-refractivity contribution in [3.8, 4) is 0 Å². The van der Waals surface area contributed by atoms with Gasteiger partial charge in [-0.05, 0) is 36.9 Å². The van der Waals surface area contributed by atoms with Crippen molar-refractivity contribution in [1.82, 2.24) is 9.88 Å². The number of likely N-dealkylation sites (tertiary alicyclic amines) is 1. The van der Waals surface area contributed by atoms with Crippen LogP contribution in [0.1, 0.15) is 26.7 Å². The fraction of sp³-hybridized carbons (Fsp3) is 0.500. The van der Waals surface area contributed by atoms with Gasteiger partial charge in [-0.25, -0.2) is 22.2 Å². The number of pyridine rings is 1. The van der Waals surface area contributed by atoms with Gasteiger partial charge in [0.05, 0.1) is 11.3 Å². The number of hydrogen-bond donors (Lipinski definition) is 2. The van der Waals surface area contributed by atoms with E-state index >= 15 is 4.39 Å². The molecule has 12 heteroatoms. The van der Waals surface area contributed by atoms with E-state index in [-0.39, 0.29) is 17.6 Å². The Labute approximate surface area is 201 Å². The molecule has 4 rings (SSSR count). The van der Waals surface area contributed by atoms with Crippen molar-refractivity contribution in [1.29, 1.82) is 0 Å². The van der Waals surface area contributed by atoms with E-state index in [9.17, 15) is 22.3 Å². The Kier molecular flexibility index (Phi) is 6.52. The van der Waals surface area contributed by atoms with Gasteiger partial charge in [0.2, 0.25) is 5.95 Å². The fourth-order valence-corrected chi connectivity index (χ4v) is 6.13. The minimum absolute atomic E-state index is 0.0443. The molecule has 2 aliphatic rings. The molecule has 2 saturated heterocycles. The summed E-state index contributed by atoms with van der Waals surface area (Å²) in [4.78, 5) is 5.77. The Morgan fingerprint density at radius 3 is 2.56 bits per heavy atom. The van der Waals surface area contributed by atoms with E-state index < -0.39 is 48.9 Å². The van der Waals surface area contributed by atoms with Gasteiger partial charge in [-0.2, -0.15) is 4.39 Å². The van der Waals surface area contributed by atoms with Crippen LogP contribution in [0, 0.1) is 23.0 Å². The molecule has 1 aromatic heterocycles. The summed E-state index contributed by atoms with van der Waals surface area (Å²) in [7, 11) is -4.79. The summed E-state index contributed by atoms with van der Waals surface area (Å²) in [5, 5.41) is 10.5. The lowest BCUT2D eigenvalue weighted by atomic mass is 9.93. The Morgan fingerprint density at radius 1 is 1.18 bits per heavy atom. The number of nitrogens with zero attached hydrogens (tertiary/aromatic N) is 3. The zero-order chi connectivity index (χ0) is 24.9. The number of hydrogen-bond acceptors (Lipinski definition) is 6. The molecule has 2 fully saturated rings. The van der Waals surface area contributed by atoms with Crippen LogP contribution in [0.3, 0.4) is 0 Å². The smallest absolute Gasteiger partial charge is 0.268 e. The first kappa shape index (κ1) is 25.0.